The fourth-order valence-corrected chi connectivity index (χ4v) is 13.5. The van der Waals surface area contributed by atoms with Crippen molar-refractivity contribution in [3.05, 3.63) is 35.4 Å². The maximum absolute atomic E-state index is 13.4. The fraction of sp³-hybridized carbons (Fsp3) is 0.545. The first-order chi connectivity index (χ1) is 26.3. The Morgan fingerprint density at radius 3 is 1.19 bits per heavy atom. The molecular formula is C44H44N2O6S2. The van der Waals surface area contributed by atoms with Gasteiger partial charge in [0.25, 0.3) is 0 Å². The molecule has 8 aliphatic rings. The number of benzene rings is 1. The predicted octanol–water partition coefficient (Wildman–Crippen LogP) is 10.3. The van der Waals surface area contributed by atoms with Crippen molar-refractivity contribution in [3.8, 4) is 32.4 Å². The molecule has 0 bridgehead atoms. The molecule has 0 saturated heterocycles. The molecule has 6 saturated carbocycles. The van der Waals surface area contributed by atoms with Gasteiger partial charge in [0, 0.05) is 58.1 Å². The summed E-state index contributed by atoms with van der Waals surface area (Å²) in [5.41, 5.74) is 3.91. The normalized spacial score (nSPS) is 28.8. The second-order valence-corrected chi connectivity index (χ2v) is 19.2. The van der Waals surface area contributed by atoms with E-state index in [-0.39, 0.29) is 58.2 Å². The lowest BCUT2D eigenvalue weighted by Crippen LogP contribution is -2.40. The van der Waals surface area contributed by atoms with Crippen LogP contribution in [-0.4, -0.2) is 34.6 Å². The number of rotatable bonds is 2. The number of ketones is 4. The Morgan fingerprint density at radius 1 is 0.481 bits per heavy atom. The average molecular weight is 761 g/mol. The summed E-state index contributed by atoms with van der Waals surface area (Å²) in [7, 11) is 0. The monoisotopic (exact) mass is 760 g/mol. The molecule has 3 aromatic rings. The van der Waals surface area contributed by atoms with Crippen LogP contribution in [0.15, 0.2) is 34.3 Å². The van der Waals surface area contributed by atoms with Gasteiger partial charge in [-0.15, -0.1) is 22.7 Å². The lowest BCUT2D eigenvalue weighted by molar-refractivity contribution is -0.120. The molecule has 6 fully saturated rings. The summed E-state index contributed by atoms with van der Waals surface area (Å²) >= 11 is 3.03. The van der Waals surface area contributed by atoms with Crippen molar-refractivity contribution >= 4 is 67.2 Å². The Bertz CT molecular complexity index is 2020. The van der Waals surface area contributed by atoms with E-state index in [1.54, 1.807) is 0 Å². The van der Waals surface area contributed by atoms with Gasteiger partial charge >= 0.3 is 0 Å². The fourth-order valence-electron chi connectivity index (χ4n) is 11.5. The van der Waals surface area contributed by atoms with Crippen LogP contribution in [0, 0.1) is 23.7 Å². The Labute approximate surface area is 322 Å². The van der Waals surface area contributed by atoms with E-state index in [9.17, 15) is 19.2 Å². The highest BCUT2D eigenvalue weighted by Gasteiger charge is 2.51. The standard InChI is InChI=1S/C44H44N2O6S2/c47-37-23-11-3-4-12-24(23)38(48)35(37)45-33-21-31-41(53-33)27-20-30-28(19-29(27)43(51-31)15-7-1-8-16-43)42-32(52-44(30)17-9-2-10-18-44)22-34(54-42)46-36-39(49)25-13-5-6-14-26(25)40(36)50/h19-26H,1-18H2. The Kier molecular flexibility index (Phi) is 7.69. The van der Waals surface area contributed by atoms with Gasteiger partial charge < -0.3 is 9.47 Å². The third kappa shape index (κ3) is 4.90. The number of thiophene rings is 2. The molecule has 4 atom stereocenters. The molecule has 54 heavy (non-hydrogen) atoms. The molecule has 6 aliphatic carbocycles. The zero-order chi connectivity index (χ0) is 36.3. The minimum atomic E-state index is -0.494. The molecule has 0 amide bonds. The van der Waals surface area contributed by atoms with Gasteiger partial charge in [-0.25, -0.2) is 9.98 Å². The third-order valence-electron chi connectivity index (χ3n) is 14.2. The van der Waals surface area contributed by atoms with Gasteiger partial charge in [0.05, 0.1) is 9.75 Å². The van der Waals surface area contributed by atoms with Gasteiger partial charge in [-0.05, 0) is 89.2 Å². The molecule has 4 heterocycles. The first-order valence-corrected chi connectivity index (χ1v) is 22.2. The van der Waals surface area contributed by atoms with Crippen LogP contribution in [0.2, 0.25) is 0 Å². The van der Waals surface area contributed by atoms with Crippen LogP contribution in [0.3, 0.4) is 0 Å². The van der Waals surface area contributed by atoms with Gasteiger partial charge in [0.1, 0.15) is 32.7 Å². The van der Waals surface area contributed by atoms with Crippen molar-refractivity contribution in [2.24, 2.45) is 33.7 Å². The van der Waals surface area contributed by atoms with Gasteiger partial charge in [-0.3, -0.25) is 19.2 Å². The van der Waals surface area contributed by atoms with Crippen LogP contribution in [0.1, 0.15) is 127 Å². The maximum atomic E-state index is 13.4. The zero-order valence-corrected chi connectivity index (χ0v) is 32.1. The van der Waals surface area contributed by atoms with Crippen LogP contribution in [0.5, 0.6) is 11.5 Å². The van der Waals surface area contributed by atoms with E-state index in [0.717, 1.165) is 135 Å². The second kappa shape index (κ2) is 12.4. The van der Waals surface area contributed by atoms with Crippen LogP contribution >= 0.6 is 22.7 Å². The Hall–Kier alpha value is -3.76. The molecular weight excluding hydrogens is 717 g/mol. The number of ether oxygens (including phenoxy) is 2. The average Bonchev–Trinajstić information content (AvgIpc) is 3.92. The van der Waals surface area contributed by atoms with E-state index in [4.69, 9.17) is 19.5 Å². The highest BCUT2D eigenvalue weighted by molar-refractivity contribution is 7.20. The van der Waals surface area contributed by atoms with Crippen LogP contribution < -0.4 is 9.47 Å². The van der Waals surface area contributed by atoms with Crippen LogP contribution in [0.25, 0.3) is 20.9 Å². The number of aliphatic imine (C=N–C) groups is 2. The van der Waals surface area contributed by atoms with Gasteiger partial charge in [0.2, 0.25) is 0 Å². The minimum absolute atomic E-state index is 0.0807. The molecule has 2 aromatic heterocycles. The quantitative estimate of drug-likeness (QED) is 0.257. The minimum Gasteiger partial charge on any atom is -0.481 e. The first kappa shape index (κ1) is 33.6. The summed E-state index contributed by atoms with van der Waals surface area (Å²) < 4.78 is 14.2. The van der Waals surface area contributed by atoms with E-state index in [1.807, 2.05) is 12.1 Å². The summed E-state index contributed by atoms with van der Waals surface area (Å²) in [5.74, 6) is 0.418. The van der Waals surface area contributed by atoms with E-state index in [2.05, 4.69) is 12.1 Å². The highest BCUT2D eigenvalue weighted by atomic mass is 32.1. The van der Waals surface area contributed by atoms with Gasteiger partial charge in [-0.1, -0.05) is 38.5 Å². The number of nitrogens with zero attached hydrogens (tertiary/aromatic N) is 2. The molecule has 0 N–H and O–H groups in total. The summed E-state index contributed by atoms with van der Waals surface area (Å²) in [5, 5.41) is 1.30. The van der Waals surface area contributed by atoms with Crippen molar-refractivity contribution in [2.45, 2.75) is 127 Å². The molecule has 8 nitrogen and oxygen atoms in total. The number of fused-ring (bicyclic) bond motifs is 10. The molecule has 10 heteroatoms. The summed E-state index contributed by atoms with van der Waals surface area (Å²) in [6.07, 6.45) is 17.3. The Morgan fingerprint density at radius 2 is 0.833 bits per heavy atom. The van der Waals surface area contributed by atoms with E-state index < -0.39 is 11.2 Å². The SMILES string of the molecule is O=C1C(=Nc2cc3c(s2)-c2cc4c(cc2C2(CCCCC2)O3)-c2sc(N=C3C(=O)C5CCCCC5C3=O)cc2OC42CCCCC2)C(=O)C2CCCCC12. The lowest BCUT2D eigenvalue weighted by atomic mass is 9.71. The van der Waals surface area contributed by atoms with Crippen LogP contribution in [0.4, 0.5) is 10.0 Å². The third-order valence-corrected chi connectivity index (χ3v) is 16.3. The summed E-state index contributed by atoms with van der Waals surface area (Å²) in [6.45, 7) is 0. The lowest BCUT2D eigenvalue weighted by Gasteiger charge is -2.45. The van der Waals surface area contributed by atoms with Gasteiger partial charge in [-0.2, -0.15) is 0 Å². The number of carbonyl (C=O) groups is 4. The van der Waals surface area contributed by atoms with Crippen molar-refractivity contribution < 1.29 is 28.7 Å². The highest BCUT2D eigenvalue weighted by Crippen LogP contribution is 2.61. The van der Waals surface area contributed by atoms with Gasteiger partial charge in [0.15, 0.2) is 34.6 Å². The van der Waals surface area contributed by atoms with E-state index >= 15 is 0 Å². The number of carbonyl (C=O) groups excluding carboxylic acids is 4. The number of hydrogen-bond donors (Lipinski definition) is 0. The molecule has 4 unspecified atom stereocenters. The largest absolute Gasteiger partial charge is 0.481 e. The first-order valence-electron chi connectivity index (χ1n) is 20.5. The molecule has 2 aliphatic heterocycles. The Balaban J connectivity index is 1.05. The number of hydrogen-bond acceptors (Lipinski definition) is 10. The molecule has 278 valence electrons. The summed E-state index contributed by atoms with van der Waals surface area (Å²) in [6, 6.07) is 8.66. The van der Waals surface area contributed by atoms with Crippen molar-refractivity contribution in [1.82, 2.24) is 0 Å². The van der Waals surface area contributed by atoms with Crippen molar-refractivity contribution in [3.63, 3.8) is 0 Å². The second-order valence-electron chi connectivity index (χ2n) is 17.2. The molecule has 0 radical (unpaired) electrons. The predicted molar refractivity (Wildman–Crippen MR) is 209 cm³/mol. The van der Waals surface area contributed by atoms with E-state index in [1.165, 1.54) is 46.6 Å². The zero-order valence-electron chi connectivity index (χ0n) is 30.5. The molecule has 11 rings (SSSR count). The smallest absolute Gasteiger partial charge is 0.188 e. The van der Waals surface area contributed by atoms with Crippen molar-refractivity contribution in [1.29, 1.82) is 0 Å². The topological polar surface area (TPSA) is 111 Å². The van der Waals surface area contributed by atoms with Crippen molar-refractivity contribution in [2.75, 3.05) is 0 Å². The summed E-state index contributed by atoms with van der Waals surface area (Å²) in [4.78, 5) is 65.3. The van der Waals surface area contributed by atoms with E-state index in [0.29, 0.717) is 10.0 Å². The molecule has 2 spiro atoms. The maximum Gasteiger partial charge on any atom is 0.188 e. The number of Topliss-reactive ketones (excluding diaryl/α,β-unsaturated/α-hetero) is 4. The molecule has 1 aromatic carbocycles. The van der Waals surface area contributed by atoms with Crippen LogP contribution in [-0.2, 0) is 30.4 Å².